The minimum Gasteiger partial charge on any atom is -0.495 e. The third-order valence-corrected chi connectivity index (χ3v) is 10.0. The van der Waals surface area contributed by atoms with E-state index in [0.29, 0.717) is 24.3 Å². The highest BCUT2D eigenvalue weighted by atomic mass is 16.6. The van der Waals surface area contributed by atoms with E-state index in [9.17, 15) is 14.7 Å². The first-order chi connectivity index (χ1) is 15.9. The molecule has 0 aromatic heterocycles. The molecule has 1 aromatic carbocycles. The third kappa shape index (κ3) is 1.66. The Morgan fingerprint density at radius 2 is 1.94 bits per heavy atom. The van der Waals surface area contributed by atoms with Crippen molar-refractivity contribution in [1.29, 1.82) is 0 Å². The van der Waals surface area contributed by atoms with Gasteiger partial charge in [-0.15, -0.1) is 0 Å². The van der Waals surface area contributed by atoms with Crippen molar-refractivity contribution in [2.75, 3.05) is 32.8 Å². The molecule has 3 spiro atoms. The predicted octanol–water partition coefficient (Wildman–Crippen LogP) is 1.55. The number of esters is 1. The predicted molar refractivity (Wildman–Crippen MR) is 114 cm³/mol. The van der Waals surface area contributed by atoms with Crippen molar-refractivity contribution >= 4 is 17.7 Å². The Hall–Kier alpha value is -2.36. The van der Waals surface area contributed by atoms with E-state index < -0.39 is 40.1 Å². The SMILES string of the molecule is COC(=O)N1c2c(OC)cccc2[C@@]23CCN4[C@@H]5CC[C@@]6(CC[C@]12[C@](O)(C(=O)OC)[C@@H]6O5)[C@H]43. The van der Waals surface area contributed by atoms with Gasteiger partial charge in [0.15, 0.2) is 0 Å². The Kier molecular flexibility index (Phi) is 3.54. The summed E-state index contributed by atoms with van der Waals surface area (Å²) in [6.07, 6.45) is 2.09. The zero-order chi connectivity index (χ0) is 23.0. The van der Waals surface area contributed by atoms with Gasteiger partial charge in [0.1, 0.15) is 23.6 Å². The molecule has 8 aliphatic rings. The van der Waals surface area contributed by atoms with Gasteiger partial charge in [0, 0.05) is 23.4 Å². The summed E-state index contributed by atoms with van der Waals surface area (Å²) in [5.74, 6) is -0.237. The molecular formula is C24H28N2O7. The lowest BCUT2D eigenvalue weighted by Gasteiger charge is -2.77. The van der Waals surface area contributed by atoms with Gasteiger partial charge in [-0.1, -0.05) is 12.1 Å². The van der Waals surface area contributed by atoms with Crippen LogP contribution in [0, 0.1) is 5.41 Å². The third-order valence-electron chi connectivity index (χ3n) is 10.0. The minimum atomic E-state index is -2.05. The Morgan fingerprint density at radius 1 is 1.12 bits per heavy atom. The molecule has 0 radical (unpaired) electrons. The monoisotopic (exact) mass is 456 g/mol. The van der Waals surface area contributed by atoms with E-state index in [1.165, 1.54) is 19.1 Å². The summed E-state index contributed by atoms with van der Waals surface area (Å²) in [4.78, 5) is 31.2. The number of amides is 1. The first-order valence-electron chi connectivity index (χ1n) is 11.7. The first kappa shape index (κ1) is 20.1. The molecule has 9 nitrogen and oxygen atoms in total. The maximum Gasteiger partial charge on any atom is 0.414 e. The largest absolute Gasteiger partial charge is 0.495 e. The van der Waals surface area contributed by atoms with Crippen molar-refractivity contribution < 1.29 is 33.6 Å². The van der Waals surface area contributed by atoms with Crippen LogP contribution in [0.3, 0.4) is 0 Å². The topological polar surface area (TPSA) is 97.8 Å². The van der Waals surface area contributed by atoms with Gasteiger partial charge in [-0.3, -0.25) is 9.80 Å². The smallest absolute Gasteiger partial charge is 0.414 e. The summed E-state index contributed by atoms with van der Waals surface area (Å²) < 4.78 is 22.8. The number of fused-ring (bicyclic) bond motifs is 3. The number of nitrogens with zero attached hydrogens (tertiary/aromatic N) is 2. The molecule has 3 aliphatic carbocycles. The molecule has 7 atom stereocenters. The number of benzene rings is 1. The summed E-state index contributed by atoms with van der Waals surface area (Å²) in [6, 6.07) is 5.80. The van der Waals surface area contributed by atoms with Crippen molar-refractivity contribution in [3.8, 4) is 5.75 Å². The van der Waals surface area contributed by atoms with E-state index >= 15 is 0 Å². The lowest BCUT2D eigenvalue weighted by molar-refractivity contribution is -0.366. The Balaban J connectivity index is 1.65. The van der Waals surface area contributed by atoms with Gasteiger partial charge in [-0.2, -0.15) is 0 Å². The minimum absolute atomic E-state index is 0.0432. The van der Waals surface area contributed by atoms with Crippen LogP contribution in [0.1, 0.15) is 37.7 Å². The lowest BCUT2D eigenvalue weighted by Crippen LogP contribution is -2.93. The molecule has 7 fully saturated rings. The number of hydrogen-bond acceptors (Lipinski definition) is 8. The van der Waals surface area contributed by atoms with E-state index in [4.69, 9.17) is 18.9 Å². The number of anilines is 1. The average molecular weight is 456 g/mol. The van der Waals surface area contributed by atoms with Crippen LogP contribution in [0.4, 0.5) is 10.5 Å². The number of rotatable bonds is 2. The van der Waals surface area contributed by atoms with E-state index in [-0.39, 0.29) is 12.3 Å². The summed E-state index contributed by atoms with van der Waals surface area (Å²) >= 11 is 0. The fourth-order valence-electron chi connectivity index (χ4n) is 9.34. The molecule has 33 heavy (non-hydrogen) atoms. The Morgan fingerprint density at radius 3 is 2.67 bits per heavy atom. The van der Waals surface area contributed by atoms with Gasteiger partial charge in [0.05, 0.1) is 27.0 Å². The first-order valence-corrected chi connectivity index (χ1v) is 11.7. The van der Waals surface area contributed by atoms with Gasteiger partial charge in [-0.25, -0.2) is 9.59 Å². The number of piperidine rings is 1. The van der Waals surface area contributed by atoms with Crippen LogP contribution < -0.4 is 9.64 Å². The Bertz CT molecular complexity index is 1110. The van der Waals surface area contributed by atoms with Crippen LogP contribution in [0.5, 0.6) is 5.75 Å². The van der Waals surface area contributed by atoms with Gasteiger partial charge >= 0.3 is 12.1 Å². The second-order valence-corrected chi connectivity index (χ2v) is 10.4. The molecule has 1 N–H and O–H groups in total. The van der Waals surface area contributed by atoms with Crippen LogP contribution in [0.2, 0.25) is 0 Å². The van der Waals surface area contributed by atoms with Crippen molar-refractivity contribution in [1.82, 2.24) is 4.90 Å². The van der Waals surface area contributed by atoms with E-state index in [1.54, 1.807) is 7.11 Å². The van der Waals surface area contributed by atoms with Crippen molar-refractivity contribution in [3.05, 3.63) is 23.8 Å². The second kappa shape index (κ2) is 5.82. The van der Waals surface area contributed by atoms with Crippen molar-refractivity contribution in [3.63, 3.8) is 0 Å². The van der Waals surface area contributed by atoms with Crippen LogP contribution in [-0.2, 0) is 24.4 Å². The molecule has 1 amide bonds. The van der Waals surface area contributed by atoms with Crippen molar-refractivity contribution in [2.45, 2.75) is 67.0 Å². The molecule has 5 bridgehead atoms. The number of ether oxygens (including phenoxy) is 4. The van der Waals surface area contributed by atoms with Gasteiger partial charge < -0.3 is 24.1 Å². The molecule has 9 heteroatoms. The normalized spacial score (nSPS) is 45.6. The number of aliphatic hydroxyl groups is 1. The number of methoxy groups -OCH3 is 3. The van der Waals surface area contributed by atoms with Crippen LogP contribution in [-0.4, -0.2) is 79.5 Å². The quantitative estimate of drug-likeness (QED) is 0.670. The van der Waals surface area contributed by atoms with E-state index in [2.05, 4.69) is 4.90 Å². The lowest BCUT2D eigenvalue weighted by atomic mass is 9.35. The standard InChI is InChI=1S/C24H28N2O7/c1-30-14-6-4-5-13-16(14)26(20(28)32-3)23-10-9-21-8-7-15(25-12-11-22(13,23)17(21)25)33-18(21)24(23,29)19(27)31-2/h4-6,15,17-18,29H,7-12H2,1-3H3/t15-,17-,18+,21+,22+,23-,24+/m0/s1. The molecule has 3 saturated carbocycles. The molecule has 1 aromatic rings. The van der Waals surface area contributed by atoms with Gasteiger partial charge in [-0.05, 0) is 43.7 Å². The zero-order valence-electron chi connectivity index (χ0n) is 19.0. The Labute approximate surface area is 191 Å². The molecule has 5 aliphatic heterocycles. The van der Waals surface area contributed by atoms with E-state index in [1.807, 2.05) is 18.2 Å². The fourth-order valence-corrected chi connectivity index (χ4v) is 9.34. The van der Waals surface area contributed by atoms with Gasteiger partial charge in [0.25, 0.3) is 0 Å². The van der Waals surface area contributed by atoms with E-state index in [0.717, 1.165) is 31.4 Å². The van der Waals surface area contributed by atoms with Crippen LogP contribution in [0.25, 0.3) is 0 Å². The number of carbonyl (C=O) groups is 2. The maximum absolute atomic E-state index is 13.6. The molecule has 4 saturated heterocycles. The number of hydrogen-bond donors (Lipinski definition) is 1. The summed E-state index contributed by atoms with van der Waals surface area (Å²) in [7, 11) is 4.17. The van der Waals surface area contributed by atoms with Crippen molar-refractivity contribution in [2.24, 2.45) is 5.41 Å². The zero-order valence-corrected chi connectivity index (χ0v) is 19.0. The van der Waals surface area contributed by atoms with Crippen LogP contribution in [0.15, 0.2) is 18.2 Å². The number of para-hydroxylation sites is 1. The summed E-state index contributed by atoms with van der Waals surface area (Å²) in [5.41, 5.74) is -2.92. The molecule has 5 heterocycles. The highest BCUT2D eigenvalue weighted by Crippen LogP contribution is 2.80. The highest BCUT2D eigenvalue weighted by Gasteiger charge is 2.92. The number of carbonyl (C=O) groups excluding carboxylic acids is 2. The van der Waals surface area contributed by atoms with Crippen LogP contribution >= 0.6 is 0 Å². The average Bonchev–Trinajstić information content (AvgIpc) is 3.41. The van der Waals surface area contributed by atoms with Gasteiger partial charge in [0.2, 0.25) is 5.60 Å². The molecule has 9 rings (SSSR count). The second-order valence-electron chi connectivity index (χ2n) is 10.4. The molecule has 0 unspecified atom stereocenters. The summed E-state index contributed by atoms with van der Waals surface area (Å²) in [6.45, 7) is 0.772. The maximum atomic E-state index is 13.6. The summed E-state index contributed by atoms with van der Waals surface area (Å²) in [5, 5.41) is 12.7. The molecular weight excluding hydrogens is 428 g/mol. The fraction of sp³-hybridized carbons (Fsp3) is 0.667. The highest BCUT2D eigenvalue weighted by molar-refractivity contribution is 6.01. The molecule has 176 valence electrons.